The lowest BCUT2D eigenvalue weighted by Gasteiger charge is -2.06. The van der Waals surface area contributed by atoms with Crippen molar-refractivity contribution >= 4 is 35.0 Å². The van der Waals surface area contributed by atoms with Crippen LogP contribution in [0.3, 0.4) is 0 Å². The molecule has 5 heteroatoms. The van der Waals surface area contributed by atoms with Gasteiger partial charge in [-0.15, -0.1) is 11.6 Å². The number of benzene rings is 1. The van der Waals surface area contributed by atoms with Crippen molar-refractivity contribution in [2.45, 2.75) is 19.3 Å². The number of alkyl halides is 1. The standard InChI is InChI=1S/C12H15Cl2NO2/c13-8-2-1-3-9-17-12(16)15-11-6-4-10(14)5-7-11/h4-7H,1-3,8-9H2,(H,15,16). The second kappa shape index (κ2) is 8.20. The summed E-state index contributed by atoms with van der Waals surface area (Å²) in [5, 5.41) is 3.24. The Morgan fingerprint density at radius 2 is 1.88 bits per heavy atom. The molecule has 1 amide bonds. The summed E-state index contributed by atoms with van der Waals surface area (Å²) in [6, 6.07) is 6.85. The fourth-order valence-electron chi connectivity index (χ4n) is 1.23. The van der Waals surface area contributed by atoms with Gasteiger partial charge in [-0.1, -0.05) is 11.6 Å². The van der Waals surface area contributed by atoms with Gasteiger partial charge in [-0.05, 0) is 43.5 Å². The molecule has 0 aliphatic rings. The fraction of sp³-hybridized carbons (Fsp3) is 0.417. The van der Waals surface area contributed by atoms with Crippen LogP contribution in [0.4, 0.5) is 10.5 Å². The number of halogens is 2. The van der Waals surface area contributed by atoms with Crippen molar-refractivity contribution in [3.8, 4) is 0 Å². The van der Waals surface area contributed by atoms with Gasteiger partial charge < -0.3 is 4.74 Å². The number of nitrogens with one attached hydrogen (secondary N) is 1. The Bertz CT molecular complexity index is 341. The average molecular weight is 276 g/mol. The molecule has 0 saturated heterocycles. The van der Waals surface area contributed by atoms with Crippen LogP contribution in [0.1, 0.15) is 19.3 Å². The van der Waals surface area contributed by atoms with Crippen LogP contribution in [0.25, 0.3) is 0 Å². The zero-order chi connectivity index (χ0) is 12.5. The molecular formula is C12H15Cl2NO2. The van der Waals surface area contributed by atoms with Gasteiger partial charge in [-0.25, -0.2) is 4.79 Å². The SMILES string of the molecule is O=C(Nc1ccc(Cl)cc1)OCCCCCCl. The number of rotatable bonds is 6. The number of hydrogen-bond donors (Lipinski definition) is 1. The van der Waals surface area contributed by atoms with Gasteiger partial charge in [0, 0.05) is 16.6 Å². The predicted molar refractivity (Wildman–Crippen MR) is 71.0 cm³/mol. The molecule has 1 rings (SSSR count). The Morgan fingerprint density at radius 1 is 1.18 bits per heavy atom. The highest BCUT2D eigenvalue weighted by molar-refractivity contribution is 6.30. The number of unbranched alkanes of at least 4 members (excludes halogenated alkanes) is 2. The van der Waals surface area contributed by atoms with Crippen molar-refractivity contribution in [2.24, 2.45) is 0 Å². The molecule has 0 aliphatic heterocycles. The molecule has 3 nitrogen and oxygen atoms in total. The first-order valence-electron chi connectivity index (χ1n) is 5.47. The molecule has 0 unspecified atom stereocenters. The summed E-state index contributed by atoms with van der Waals surface area (Å²) < 4.78 is 5.00. The quantitative estimate of drug-likeness (QED) is 0.621. The van der Waals surface area contributed by atoms with Crippen molar-refractivity contribution in [1.82, 2.24) is 0 Å². The molecule has 0 fully saturated rings. The largest absolute Gasteiger partial charge is 0.449 e. The molecule has 1 N–H and O–H groups in total. The predicted octanol–water partition coefficient (Wildman–Crippen LogP) is 4.30. The van der Waals surface area contributed by atoms with E-state index in [2.05, 4.69) is 5.32 Å². The molecule has 17 heavy (non-hydrogen) atoms. The lowest BCUT2D eigenvalue weighted by molar-refractivity contribution is 0.159. The summed E-state index contributed by atoms with van der Waals surface area (Å²) in [4.78, 5) is 11.3. The van der Waals surface area contributed by atoms with Crippen LogP contribution >= 0.6 is 23.2 Å². The van der Waals surface area contributed by atoms with Gasteiger partial charge in [0.15, 0.2) is 0 Å². The van der Waals surface area contributed by atoms with Crippen LogP contribution in [0.15, 0.2) is 24.3 Å². The van der Waals surface area contributed by atoms with Gasteiger partial charge in [0.25, 0.3) is 0 Å². The maximum Gasteiger partial charge on any atom is 0.411 e. The van der Waals surface area contributed by atoms with Crippen molar-refractivity contribution < 1.29 is 9.53 Å². The third-order valence-electron chi connectivity index (χ3n) is 2.10. The van der Waals surface area contributed by atoms with Crippen LogP contribution in [0.5, 0.6) is 0 Å². The fourth-order valence-corrected chi connectivity index (χ4v) is 1.54. The Morgan fingerprint density at radius 3 is 2.53 bits per heavy atom. The summed E-state index contributed by atoms with van der Waals surface area (Å²) in [6.07, 6.45) is 2.31. The highest BCUT2D eigenvalue weighted by atomic mass is 35.5. The van der Waals surface area contributed by atoms with Crippen LogP contribution in [0.2, 0.25) is 5.02 Å². The van der Waals surface area contributed by atoms with Crippen molar-refractivity contribution in [3.05, 3.63) is 29.3 Å². The highest BCUT2D eigenvalue weighted by Crippen LogP contribution is 2.13. The monoisotopic (exact) mass is 275 g/mol. The third kappa shape index (κ3) is 6.39. The summed E-state index contributed by atoms with van der Waals surface area (Å²) in [5.74, 6) is 0.650. The van der Waals surface area contributed by atoms with Gasteiger partial charge in [0.1, 0.15) is 0 Å². The molecule has 0 aliphatic carbocycles. The topological polar surface area (TPSA) is 38.3 Å². The maximum absolute atomic E-state index is 11.3. The van der Waals surface area contributed by atoms with Crippen molar-refractivity contribution in [2.75, 3.05) is 17.8 Å². The molecule has 94 valence electrons. The van der Waals surface area contributed by atoms with Crippen LogP contribution < -0.4 is 5.32 Å². The third-order valence-corrected chi connectivity index (χ3v) is 2.62. The van der Waals surface area contributed by atoms with E-state index in [1.54, 1.807) is 24.3 Å². The molecule has 0 saturated carbocycles. The first kappa shape index (κ1) is 14.1. The lowest BCUT2D eigenvalue weighted by Crippen LogP contribution is -2.14. The van der Waals surface area contributed by atoms with E-state index < -0.39 is 6.09 Å². The minimum Gasteiger partial charge on any atom is -0.449 e. The zero-order valence-electron chi connectivity index (χ0n) is 9.42. The lowest BCUT2D eigenvalue weighted by atomic mass is 10.3. The first-order chi connectivity index (χ1) is 8.22. The molecular weight excluding hydrogens is 261 g/mol. The van der Waals surface area contributed by atoms with Gasteiger partial charge in [0.2, 0.25) is 0 Å². The average Bonchev–Trinajstić information content (AvgIpc) is 2.32. The van der Waals surface area contributed by atoms with E-state index in [-0.39, 0.29) is 0 Å². The molecule has 0 aromatic heterocycles. The summed E-state index contributed by atoms with van der Waals surface area (Å²) in [5.41, 5.74) is 0.667. The molecule has 1 aromatic rings. The maximum atomic E-state index is 11.3. The minimum absolute atomic E-state index is 0.413. The normalized spacial score (nSPS) is 10.0. The van der Waals surface area contributed by atoms with E-state index in [4.69, 9.17) is 27.9 Å². The van der Waals surface area contributed by atoms with Crippen LogP contribution in [-0.2, 0) is 4.74 Å². The van der Waals surface area contributed by atoms with Gasteiger partial charge in [-0.3, -0.25) is 5.32 Å². The second-order valence-corrected chi connectivity index (χ2v) is 4.33. The highest BCUT2D eigenvalue weighted by Gasteiger charge is 2.02. The van der Waals surface area contributed by atoms with E-state index >= 15 is 0 Å². The molecule has 0 spiro atoms. The number of hydrogen-bond acceptors (Lipinski definition) is 2. The van der Waals surface area contributed by atoms with Crippen molar-refractivity contribution in [1.29, 1.82) is 0 Å². The van der Waals surface area contributed by atoms with E-state index in [1.807, 2.05) is 0 Å². The Labute approximate surface area is 111 Å². The molecule has 1 aromatic carbocycles. The van der Waals surface area contributed by atoms with Crippen LogP contribution in [0, 0.1) is 0 Å². The zero-order valence-corrected chi connectivity index (χ0v) is 10.9. The van der Waals surface area contributed by atoms with E-state index in [0.29, 0.717) is 23.2 Å². The smallest absolute Gasteiger partial charge is 0.411 e. The van der Waals surface area contributed by atoms with E-state index in [9.17, 15) is 4.79 Å². The van der Waals surface area contributed by atoms with Gasteiger partial charge in [-0.2, -0.15) is 0 Å². The minimum atomic E-state index is -0.446. The molecule has 0 bridgehead atoms. The Kier molecular flexibility index (Phi) is 6.82. The molecule has 0 heterocycles. The number of carbonyl (C=O) groups excluding carboxylic acids is 1. The van der Waals surface area contributed by atoms with Gasteiger partial charge in [0.05, 0.1) is 6.61 Å². The number of ether oxygens (including phenoxy) is 1. The summed E-state index contributed by atoms with van der Waals surface area (Å²) >= 11 is 11.3. The van der Waals surface area contributed by atoms with E-state index in [0.717, 1.165) is 19.3 Å². The number of amides is 1. The summed E-state index contributed by atoms with van der Waals surface area (Å²) in [7, 11) is 0. The molecule has 0 atom stereocenters. The Hall–Kier alpha value is -0.930. The van der Waals surface area contributed by atoms with Crippen LogP contribution in [-0.4, -0.2) is 18.6 Å². The number of anilines is 1. The summed E-state index contributed by atoms with van der Waals surface area (Å²) in [6.45, 7) is 0.413. The van der Waals surface area contributed by atoms with E-state index in [1.165, 1.54) is 0 Å². The second-order valence-electron chi connectivity index (χ2n) is 3.52. The first-order valence-corrected chi connectivity index (χ1v) is 6.39. The van der Waals surface area contributed by atoms with Crippen molar-refractivity contribution in [3.63, 3.8) is 0 Å². The molecule has 0 radical (unpaired) electrons. The van der Waals surface area contributed by atoms with Gasteiger partial charge >= 0.3 is 6.09 Å². The number of carbonyl (C=O) groups is 1. The Balaban J connectivity index is 2.18.